The first-order chi connectivity index (χ1) is 20.5. The summed E-state index contributed by atoms with van der Waals surface area (Å²) < 4.78 is 0.899. The molecule has 6 nitrogen and oxygen atoms in total. The highest BCUT2D eigenvalue weighted by Crippen LogP contribution is 2.37. The number of hydrogen-bond donors (Lipinski definition) is 1. The van der Waals surface area contributed by atoms with Crippen molar-refractivity contribution in [1.29, 1.82) is 0 Å². The van der Waals surface area contributed by atoms with Crippen LogP contribution in [0.15, 0.2) is 95.5 Å². The number of nitrogens with one attached hydrogen (secondary N) is 1. The Morgan fingerprint density at radius 1 is 0.881 bits per heavy atom. The van der Waals surface area contributed by atoms with Crippen LogP contribution in [0.4, 0.5) is 5.69 Å². The van der Waals surface area contributed by atoms with Gasteiger partial charge in [0.05, 0.1) is 5.69 Å². The van der Waals surface area contributed by atoms with Crippen LogP contribution in [-0.2, 0) is 22.6 Å². The molecular formula is C35H34BrN3O3. The molecule has 1 aliphatic carbocycles. The second kappa shape index (κ2) is 12.5. The van der Waals surface area contributed by atoms with Crippen molar-refractivity contribution >= 4 is 50.1 Å². The lowest BCUT2D eigenvalue weighted by Gasteiger charge is -2.34. The first-order valence-electron chi connectivity index (χ1n) is 14.7. The van der Waals surface area contributed by atoms with Gasteiger partial charge in [-0.2, -0.15) is 0 Å². The highest BCUT2D eigenvalue weighted by Gasteiger charge is 2.36. The lowest BCUT2D eigenvalue weighted by Crippen LogP contribution is -2.54. The van der Waals surface area contributed by atoms with Crippen LogP contribution < -0.4 is 10.2 Å². The first kappa shape index (κ1) is 28.2. The highest BCUT2D eigenvalue weighted by molar-refractivity contribution is 9.10. The lowest BCUT2D eigenvalue weighted by atomic mass is 9.94. The van der Waals surface area contributed by atoms with E-state index in [9.17, 15) is 14.4 Å². The Labute approximate surface area is 254 Å². The predicted molar refractivity (Wildman–Crippen MR) is 169 cm³/mol. The Morgan fingerprint density at radius 3 is 2.36 bits per heavy atom. The Morgan fingerprint density at radius 2 is 1.60 bits per heavy atom. The van der Waals surface area contributed by atoms with E-state index in [-0.39, 0.29) is 36.9 Å². The third kappa shape index (κ3) is 5.97. The second-order valence-electron chi connectivity index (χ2n) is 11.3. The number of rotatable bonds is 9. The summed E-state index contributed by atoms with van der Waals surface area (Å²) in [6.07, 6.45) is 5.66. The average Bonchev–Trinajstić information content (AvgIpc) is 3.28. The number of nitrogens with zero attached hydrogens (tertiary/aromatic N) is 2. The number of benzene rings is 4. The SMILES string of the molecule is O=C(NC1CCCCC1)[C@H](Cc1ccccc1)N(Cc1cccc(Br)c1)C(=O)CN1C(=O)c2cccc3cccc1c23. The van der Waals surface area contributed by atoms with E-state index >= 15 is 0 Å². The Hall–Kier alpha value is -3.97. The molecule has 42 heavy (non-hydrogen) atoms. The molecule has 0 bridgehead atoms. The summed E-state index contributed by atoms with van der Waals surface area (Å²) in [5.41, 5.74) is 3.21. The van der Waals surface area contributed by atoms with Crippen molar-refractivity contribution in [3.63, 3.8) is 0 Å². The molecule has 1 atom stereocenters. The van der Waals surface area contributed by atoms with E-state index in [1.54, 1.807) is 9.80 Å². The van der Waals surface area contributed by atoms with Gasteiger partial charge in [0.2, 0.25) is 11.8 Å². The third-order valence-corrected chi connectivity index (χ3v) is 8.90. The van der Waals surface area contributed by atoms with Gasteiger partial charge in [-0.05, 0) is 53.6 Å². The molecule has 6 rings (SSSR count). The van der Waals surface area contributed by atoms with Gasteiger partial charge in [0.25, 0.3) is 5.91 Å². The van der Waals surface area contributed by atoms with Crippen molar-refractivity contribution in [3.05, 3.63) is 112 Å². The van der Waals surface area contributed by atoms with Crippen LogP contribution in [-0.4, -0.2) is 41.2 Å². The smallest absolute Gasteiger partial charge is 0.259 e. The highest BCUT2D eigenvalue weighted by atomic mass is 79.9. The maximum absolute atomic E-state index is 14.4. The van der Waals surface area contributed by atoms with Crippen molar-refractivity contribution < 1.29 is 14.4 Å². The zero-order chi connectivity index (χ0) is 29.1. The van der Waals surface area contributed by atoms with Crippen LogP contribution in [0.5, 0.6) is 0 Å². The zero-order valence-corrected chi connectivity index (χ0v) is 25.1. The van der Waals surface area contributed by atoms with Gasteiger partial charge in [0.15, 0.2) is 0 Å². The number of carbonyl (C=O) groups excluding carboxylic acids is 3. The molecule has 0 spiro atoms. The number of anilines is 1. The minimum atomic E-state index is -0.739. The zero-order valence-electron chi connectivity index (χ0n) is 23.5. The number of halogens is 1. The minimum absolute atomic E-state index is 0.111. The van der Waals surface area contributed by atoms with E-state index in [0.29, 0.717) is 12.0 Å². The summed E-state index contributed by atoms with van der Waals surface area (Å²) in [5, 5.41) is 5.12. The van der Waals surface area contributed by atoms with E-state index in [1.165, 1.54) is 6.42 Å². The van der Waals surface area contributed by atoms with Gasteiger partial charge in [-0.1, -0.05) is 102 Å². The standard InChI is InChI=1S/C35H34BrN3O3/c36-27-15-7-12-25(20-27)22-38(31(21-24-10-3-1-4-11-24)34(41)37-28-16-5-2-6-17-28)32(40)23-39-30-19-9-14-26-13-8-18-29(33(26)30)35(39)42/h1,3-4,7-15,18-20,28,31H,2,5-6,16-17,21-23H2,(H,37,41)/t31-/m0/s1. The van der Waals surface area contributed by atoms with Crippen molar-refractivity contribution in [2.45, 2.75) is 57.2 Å². The van der Waals surface area contributed by atoms with Crippen molar-refractivity contribution in [2.24, 2.45) is 0 Å². The quantitative estimate of drug-likeness (QED) is 0.227. The molecular weight excluding hydrogens is 590 g/mol. The summed E-state index contributed by atoms with van der Waals surface area (Å²) in [5.74, 6) is -0.607. The molecule has 2 aliphatic rings. The Balaban J connectivity index is 1.35. The van der Waals surface area contributed by atoms with Crippen LogP contribution >= 0.6 is 15.9 Å². The molecule has 7 heteroatoms. The van der Waals surface area contributed by atoms with Gasteiger partial charge >= 0.3 is 0 Å². The normalized spacial score (nSPS) is 15.5. The van der Waals surface area contributed by atoms with E-state index in [1.807, 2.05) is 91.0 Å². The predicted octanol–water partition coefficient (Wildman–Crippen LogP) is 6.65. The third-order valence-electron chi connectivity index (χ3n) is 8.41. The number of hydrogen-bond acceptors (Lipinski definition) is 3. The first-order valence-corrected chi connectivity index (χ1v) is 15.5. The summed E-state index contributed by atoms with van der Waals surface area (Å²) in [6, 6.07) is 28.4. The fourth-order valence-corrected chi connectivity index (χ4v) is 6.74. The van der Waals surface area contributed by atoms with Crippen LogP contribution in [0, 0.1) is 0 Å². The number of carbonyl (C=O) groups is 3. The van der Waals surface area contributed by atoms with Crippen LogP contribution in [0.3, 0.4) is 0 Å². The Kier molecular flexibility index (Phi) is 8.38. The molecule has 1 saturated carbocycles. The van der Waals surface area contributed by atoms with Gasteiger partial charge in [-0.15, -0.1) is 0 Å². The molecule has 1 fully saturated rings. The minimum Gasteiger partial charge on any atom is -0.352 e. The summed E-state index contributed by atoms with van der Waals surface area (Å²) >= 11 is 3.55. The molecule has 214 valence electrons. The number of amides is 3. The monoisotopic (exact) mass is 623 g/mol. The summed E-state index contributed by atoms with van der Waals surface area (Å²) in [7, 11) is 0. The van der Waals surface area contributed by atoms with E-state index in [2.05, 4.69) is 21.2 Å². The molecule has 0 aromatic heterocycles. The van der Waals surface area contributed by atoms with Crippen molar-refractivity contribution in [1.82, 2.24) is 10.2 Å². The maximum Gasteiger partial charge on any atom is 0.259 e. The van der Waals surface area contributed by atoms with Gasteiger partial charge in [-0.3, -0.25) is 19.3 Å². The largest absolute Gasteiger partial charge is 0.352 e. The molecule has 4 aromatic rings. The second-order valence-corrected chi connectivity index (χ2v) is 12.2. The fraction of sp³-hybridized carbons (Fsp3) is 0.286. The lowest BCUT2D eigenvalue weighted by molar-refractivity contribution is -0.140. The van der Waals surface area contributed by atoms with Gasteiger partial charge < -0.3 is 10.2 Å². The molecule has 0 unspecified atom stereocenters. The molecule has 1 N–H and O–H groups in total. The average molecular weight is 625 g/mol. The van der Waals surface area contributed by atoms with Crippen molar-refractivity contribution in [2.75, 3.05) is 11.4 Å². The van der Waals surface area contributed by atoms with E-state index < -0.39 is 6.04 Å². The molecule has 1 aliphatic heterocycles. The Bertz CT molecular complexity index is 1610. The maximum atomic E-state index is 14.4. The molecule has 4 aromatic carbocycles. The van der Waals surface area contributed by atoms with Gasteiger partial charge in [-0.25, -0.2) is 0 Å². The molecule has 0 saturated heterocycles. The van der Waals surface area contributed by atoms with E-state index in [0.717, 1.165) is 57.7 Å². The van der Waals surface area contributed by atoms with Gasteiger partial charge in [0, 0.05) is 34.4 Å². The van der Waals surface area contributed by atoms with Crippen LogP contribution in [0.25, 0.3) is 10.8 Å². The van der Waals surface area contributed by atoms with Crippen molar-refractivity contribution in [3.8, 4) is 0 Å². The molecule has 3 amide bonds. The molecule has 0 radical (unpaired) electrons. The topological polar surface area (TPSA) is 69.7 Å². The fourth-order valence-electron chi connectivity index (χ4n) is 6.29. The van der Waals surface area contributed by atoms with E-state index in [4.69, 9.17) is 0 Å². The summed E-state index contributed by atoms with van der Waals surface area (Å²) in [4.78, 5) is 45.2. The summed E-state index contributed by atoms with van der Waals surface area (Å²) in [6.45, 7) is 0.0929. The molecule has 1 heterocycles. The van der Waals surface area contributed by atoms with Gasteiger partial charge in [0.1, 0.15) is 12.6 Å². The van der Waals surface area contributed by atoms with Crippen LogP contribution in [0.2, 0.25) is 0 Å². The van der Waals surface area contributed by atoms with Crippen LogP contribution in [0.1, 0.15) is 53.6 Å².